The summed E-state index contributed by atoms with van der Waals surface area (Å²) in [5.41, 5.74) is 0. The predicted octanol–water partition coefficient (Wildman–Crippen LogP) is 3.44. The number of hydrogen-bond donors (Lipinski definition) is 0. The first-order chi connectivity index (χ1) is 5.25. The molecule has 0 radical (unpaired) electrons. The minimum Gasteiger partial charge on any atom is -0.494 e. The van der Waals surface area contributed by atoms with Crippen molar-refractivity contribution in [2.75, 3.05) is 0 Å². The quantitative estimate of drug-likeness (QED) is 0.624. The van der Waals surface area contributed by atoms with Crippen molar-refractivity contribution in [3.05, 3.63) is 10.8 Å². The Hall–Kier alpha value is -0.380. The summed E-state index contributed by atoms with van der Waals surface area (Å²) in [5.74, 6) is -0.292. The zero-order chi connectivity index (χ0) is 9.94. The minimum atomic E-state index is -4.51. The van der Waals surface area contributed by atoms with Crippen molar-refractivity contribution in [1.29, 1.82) is 0 Å². The van der Waals surface area contributed by atoms with Gasteiger partial charge in [0.1, 0.15) is 5.76 Å². The highest BCUT2D eigenvalue weighted by atomic mass is 35.5. The third-order valence-electron chi connectivity index (χ3n) is 0.970. The molecule has 0 saturated carbocycles. The molecule has 0 aliphatic carbocycles. The van der Waals surface area contributed by atoms with Gasteiger partial charge in [0.05, 0.1) is 6.10 Å². The van der Waals surface area contributed by atoms with E-state index >= 15 is 0 Å². The fourth-order valence-electron chi connectivity index (χ4n) is 0.605. The fraction of sp³-hybridized carbons (Fsp3) is 0.714. The van der Waals surface area contributed by atoms with Crippen LogP contribution in [0.5, 0.6) is 0 Å². The van der Waals surface area contributed by atoms with Gasteiger partial charge in [0, 0.05) is 0 Å². The molecule has 0 fully saturated rings. The number of allylic oxidation sites excluding steroid dienone is 2. The highest BCUT2D eigenvalue weighted by Crippen LogP contribution is 2.31. The SMILES string of the molecule is CC(OC(C)C)=C(Cl)C(F)(F)F. The Kier molecular flexibility index (Phi) is 3.90. The molecule has 1 nitrogen and oxygen atoms in total. The van der Waals surface area contributed by atoms with Crippen molar-refractivity contribution in [3.63, 3.8) is 0 Å². The molecule has 0 aliphatic heterocycles. The van der Waals surface area contributed by atoms with Crippen LogP contribution in [0.25, 0.3) is 0 Å². The van der Waals surface area contributed by atoms with Gasteiger partial charge >= 0.3 is 6.18 Å². The average molecular weight is 203 g/mol. The molecule has 0 unspecified atom stereocenters. The molecule has 0 spiro atoms. The van der Waals surface area contributed by atoms with Gasteiger partial charge in [0.15, 0.2) is 5.03 Å². The van der Waals surface area contributed by atoms with Gasteiger partial charge < -0.3 is 4.74 Å². The third-order valence-corrected chi connectivity index (χ3v) is 1.45. The van der Waals surface area contributed by atoms with Gasteiger partial charge in [-0.15, -0.1) is 0 Å². The summed E-state index contributed by atoms with van der Waals surface area (Å²) in [6.45, 7) is 4.45. The second-order valence-corrected chi connectivity index (χ2v) is 2.91. The van der Waals surface area contributed by atoms with E-state index in [0.717, 1.165) is 0 Å². The Morgan fingerprint density at radius 2 is 1.75 bits per heavy atom. The molecule has 0 N–H and O–H groups in total. The van der Waals surface area contributed by atoms with E-state index in [1.165, 1.54) is 6.92 Å². The maximum atomic E-state index is 11.9. The lowest BCUT2D eigenvalue weighted by molar-refractivity contribution is -0.0883. The number of halogens is 4. The molecule has 0 rings (SSSR count). The molecular weight excluding hydrogens is 193 g/mol. The van der Waals surface area contributed by atoms with Crippen LogP contribution < -0.4 is 0 Å². The smallest absolute Gasteiger partial charge is 0.430 e. The van der Waals surface area contributed by atoms with Crippen molar-refractivity contribution in [3.8, 4) is 0 Å². The second kappa shape index (κ2) is 4.03. The molecule has 12 heavy (non-hydrogen) atoms. The van der Waals surface area contributed by atoms with Gasteiger partial charge in [-0.3, -0.25) is 0 Å². The van der Waals surface area contributed by atoms with Crippen LogP contribution in [0.2, 0.25) is 0 Å². The van der Waals surface area contributed by atoms with E-state index in [2.05, 4.69) is 0 Å². The topological polar surface area (TPSA) is 9.23 Å². The largest absolute Gasteiger partial charge is 0.494 e. The summed E-state index contributed by atoms with van der Waals surface area (Å²) in [5, 5.41) is -1.20. The van der Waals surface area contributed by atoms with Crippen molar-refractivity contribution in [2.45, 2.75) is 33.1 Å². The van der Waals surface area contributed by atoms with Crippen LogP contribution in [-0.2, 0) is 4.74 Å². The van der Waals surface area contributed by atoms with E-state index in [1.807, 2.05) is 0 Å². The van der Waals surface area contributed by atoms with Crippen LogP contribution in [0.4, 0.5) is 13.2 Å². The molecule has 0 amide bonds. The number of ether oxygens (including phenoxy) is 1. The summed E-state index contributed by atoms with van der Waals surface area (Å²) < 4.78 is 40.4. The lowest BCUT2D eigenvalue weighted by Gasteiger charge is -2.13. The zero-order valence-electron chi connectivity index (χ0n) is 7.00. The lowest BCUT2D eigenvalue weighted by atomic mass is 10.4. The van der Waals surface area contributed by atoms with E-state index in [1.54, 1.807) is 13.8 Å². The molecule has 0 aromatic carbocycles. The van der Waals surface area contributed by atoms with Crippen LogP contribution in [-0.4, -0.2) is 12.3 Å². The average Bonchev–Trinajstić information content (AvgIpc) is 1.82. The summed E-state index contributed by atoms with van der Waals surface area (Å²) in [4.78, 5) is 0. The zero-order valence-corrected chi connectivity index (χ0v) is 7.75. The monoisotopic (exact) mass is 202 g/mol. The summed E-state index contributed by atoms with van der Waals surface area (Å²) >= 11 is 4.98. The summed E-state index contributed by atoms with van der Waals surface area (Å²) in [7, 11) is 0. The Labute approximate surface area is 74.2 Å². The third kappa shape index (κ3) is 3.85. The van der Waals surface area contributed by atoms with Gasteiger partial charge in [-0.1, -0.05) is 11.6 Å². The van der Waals surface area contributed by atoms with Crippen LogP contribution >= 0.6 is 11.6 Å². The number of hydrogen-bond acceptors (Lipinski definition) is 1. The second-order valence-electron chi connectivity index (χ2n) is 2.53. The first-order valence-electron chi connectivity index (χ1n) is 3.35. The van der Waals surface area contributed by atoms with E-state index in [4.69, 9.17) is 16.3 Å². The first-order valence-corrected chi connectivity index (χ1v) is 3.73. The standard InChI is InChI=1S/C7H10ClF3O/c1-4(2)12-5(3)6(8)7(9,10)11/h4H,1-3H3. The highest BCUT2D eigenvalue weighted by Gasteiger charge is 2.35. The molecule has 0 aliphatic rings. The first kappa shape index (κ1) is 11.6. The molecule has 0 aromatic heterocycles. The molecule has 72 valence electrons. The molecule has 0 aromatic rings. The van der Waals surface area contributed by atoms with Crippen LogP contribution in [0.15, 0.2) is 10.8 Å². The molecule has 0 bridgehead atoms. The van der Waals surface area contributed by atoms with Crippen LogP contribution in [0.3, 0.4) is 0 Å². The van der Waals surface area contributed by atoms with E-state index < -0.39 is 11.2 Å². The highest BCUT2D eigenvalue weighted by molar-refractivity contribution is 6.30. The molecule has 0 heterocycles. The number of rotatable bonds is 2. The van der Waals surface area contributed by atoms with Crippen molar-refractivity contribution in [2.24, 2.45) is 0 Å². The Balaban J connectivity index is 4.47. The lowest BCUT2D eigenvalue weighted by Crippen LogP contribution is -2.12. The maximum absolute atomic E-state index is 11.9. The summed E-state index contributed by atoms with van der Waals surface area (Å²) in [6, 6.07) is 0. The van der Waals surface area contributed by atoms with Gasteiger partial charge in [0.25, 0.3) is 0 Å². The van der Waals surface area contributed by atoms with Gasteiger partial charge in [-0.05, 0) is 20.8 Å². The Morgan fingerprint density at radius 1 is 1.33 bits per heavy atom. The molecular formula is C7H10ClF3O. The van der Waals surface area contributed by atoms with Crippen LogP contribution in [0.1, 0.15) is 20.8 Å². The fourth-order valence-corrected chi connectivity index (χ4v) is 0.649. The van der Waals surface area contributed by atoms with Crippen molar-refractivity contribution >= 4 is 11.6 Å². The number of alkyl halides is 3. The Bertz CT molecular complexity index is 184. The predicted molar refractivity (Wildman–Crippen MR) is 40.8 cm³/mol. The van der Waals surface area contributed by atoms with E-state index in [9.17, 15) is 13.2 Å². The maximum Gasteiger partial charge on any atom is 0.430 e. The van der Waals surface area contributed by atoms with Gasteiger partial charge in [-0.2, -0.15) is 13.2 Å². The molecule has 5 heteroatoms. The Morgan fingerprint density at radius 3 is 2.00 bits per heavy atom. The van der Waals surface area contributed by atoms with Crippen molar-refractivity contribution in [1.82, 2.24) is 0 Å². The summed E-state index contributed by atoms with van der Waals surface area (Å²) in [6.07, 6.45) is -4.82. The van der Waals surface area contributed by atoms with Gasteiger partial charge in [-0.25, -0.2) is 0 Å². The van der Waals surface area contributed by atoms with E-state index in [0.29, 0.717) is 0 Å². The molecule has 0 saturated heterocycles. The molecule has 0 atom stereocenters. The van der Waals surface area contributed by atoms with Crippen molar-refractivity contribution < 1.29 is 17.9 Å². The van der Waals surface area contributed by atoms with Crippen LogP contribution in [0, 0.1) is 0 Å². The van der Waals surface area contributed by atoms with E-state index in [-0.39, 0.29) is 11.9 Å². The minimum absolute atomic E-state index is 0.292. The normalized spacial score (nSPS) is 14.7. The van der Waals surface area contributed by atoms with Gasteiger partial charge in [0.2, 0.25) is 0 Å².